The van der Waals surface area contributed by atoms with Gasteiger partial charge in [0.15, 0.2) is 4.96 Å². The molecule has 0 unspecified atom stereocenters. The van der Waals surface area contributed by atoms with Crippen molar-refractivity contribution < 1.29 is 9.59 Å². The fourth-order valence-corrected chi connectivity index (χ4v) is 3.36. The molecule has 0 bridgehead atoms. The Balaban J connectivity index is 1.63. The van der Waals surface area contributed by atoms with Gasteiger partial charge in [0.25, 0.3) is 0 Å². The Morgan fingerprint density at radius 3 is 2.92 bits per heavy atom. The third kappa shape index (κ3) is 4.24. The van der Waals surface area contributed by atoms with Crippen LogP contribution in [0.4, 0.5) is 5.69 Å². The molecule has 3 aromatic rings. The number of fused-ring (bicyclic) bond motifs is 1. The highest BCUT2D eigenvalue weighted by Gasteiger charge is 2.10. The molecule has 2 heterocycles. The van der Waals surface area contributed by atoms with Crippen LogP contribution in [0.1, 0.15) is 25.1 Å². The zero-order valence-corrected chi connectivity index (χ0v) is 15.0. The smallest absolute Gasteiger partial charge is 0.230 e. The van der Waals surface area contributed by atoms with Crippen molar-refractivity contribution >= 4 is 33.8 Å². The molecule has 130 valence electrons. The van der Waals surface area contributed by atoms with Crippen LogP contribution in [0.2, 0.25) is 0 Å². The SMILES string of the molecule is CCN(Cc1cccc(NC(=O)Cc2cn3ccsc3n2)c1)C(C)=O. The van der Waals surface area contributed by atoms with E-state index in [1.807, 2.05) is 53.4 Å². The number of amides is 2. The maximum Gasteiger partial charge on any atom is 0.230 e. The van der Waals surface area contributed by atoms with Crippen molar-refractivity contribution in [3.05, 3.63) is 53.3 Å². The Morgan fingerprint density at radius 2 is 2.20 bits per heavy atom. The lowest BCUT2D eigenvalue weighted by atomic mass is 10.2. The van der Waals surface area contributed by atoms with Crippen LogP contribution in [0.25, 0.3) is 4.96 Å². The van der Waals surface area contributed by atoms with E-state index in [1.165, 1.54) is 11.3 Å². The van der Waals surface area contributed by atoms with Gasteiger partial charge in [-0.05, 0) is 24.6 Å². The van der Waals surface area contributed by atoms with E-state index in [9.17, 15) is 9.59 Å². The maximum absolute atomic E-state index is 12.3. The van der Waals surface area contributed by atoms with Gasteiger partial charge in [-0.1, -0.05) is 12.1 Å². The van der Waals surface area contributed by atoms with Crippen molar-refractivity contribution in [2.75, 3.05) is 11.9 Å². The molecule has 0 aliphatic rings. The lowest BCUT2D eigenvalue weighted by Crippen LogP contribution is -2.27. The van der Waals surface area contributed by atoms with Crippen LogP contribution in [0.5, 0.6) is 0 Å². The molecular formula is C18H20N4O2S. The zero-order chi connectivity index (χ0) is 17.8. The predicted octanol–water partition coefficient (Wildman–Crippen LogP) is 2.95. The minimum atomic E-state index is -0.109. The largest absolute Gasteiger partial charge is 0.339 e. The van der Waals surface area contributed by atoms with Crippen molar-refractivity contribution in [1.29, 1.82) is 0 Å². The van der Waals surface area contributed by atoms with Crippen molar-refractivity contribution in [2.45, 2.75) is 26.8 Å². The number of benzene rings is 1. The van der Waals surface area contributed by atoms with Gasteiger partial charge in [0.1, 0.15) is 0 Å². The van der Waals surface area contributed by atoms with Crippen molar-refractivity contribution in [3.63, 3.8) is 0 Å². The van der Waals surface area contributed by atoms with Gasteiger partial charge in [-0.3, -0.25) is 14.0 Å². The van der Waals surface area contributed by atoms with Gasteiger partial charge in [0.05, 0.1) is 12.1 Å². The van der Waals surface area contributed by atoms with E-state index in [0.717, 1.165) is 21.9 Å². The van der Waals surface area contributed by atoms with E-state index in [2.05, 4.69) is 10.3 Å². The van der Waals surface area contributed by atoms with Gasteiger partial charge < -0.3 is 10.2 Å². The number of imidazole rings is 1. The number of rotatable bonds is 6. The molecule has 1 aromatic carbocycles. The summed E-state index contributed by atoms with van der Waals surface area (Å²) in [5.74, 6) is -0.0708. The number of aromatic nitrogens is 2. The molecule has 0 aliphatic carbocycles. The minimum absolute atomic E-state index is 0.0386. The second-order valence-electron chi connectivity index (χ2n) is 5.78. The van der Waals surface area contributed by atoms with Gasteiger partial charge in [0.2, 0.25) is 11.8 Å². The molecule has 0 saturated heterocycles. The Hall–Kier alpha value is -2.67. The summed E-state index contributed by atoms with van der Waals surface area (Å²) in [7, 11) is 0. The van der Waals surface area contributed by atoms with Crippen LogP contribution >= 0.6 is 11.3 Å². The van der Waals surface area contributed by atoms with Crippen LogP contribution in [0, 0.1) is 0 Å². The van der Waals surface area contributed by atoms with Crippen LogP contribution in [-0.4, -0.2) is 32.6 Å². The van der Waals surface area contributed by atoms with Crippen molar-refractivity contribution in [1.82, 2.24) is 14.3 Å². The molecule has 6 nitrogen and oxygen atoms in total. The normalized spacial score (nSPS) is 10.8. The summed E-state index contributed by atoms with van der Waals surface area (Å²) >= 11 is 1.54. The predicted molar refractivity (Wildman–Crippen MR) is 98.6 cm³/mol. The summed E-state index contributed by atoms with van der Waals surface area (Å²) < 4.78 is 1.91. The van der Waals surface area contributed by atoms with E-state index < -0.39 is 0 Å². The summed E-state index contributed by atoms with van der Waals surface area (Å²) in [6.07, 6.45) is 4.02. The van der Waals surface area contributed by atoms with E-state index in [0.29, 0.717) is 13.1 Å². The van der Waals surface area contributed by atoms with Crippen LogP contribution in [0.15, 0.2) is 42.0 Å². The molecule has 2 amide bonds. The molecule has 2 aromatic heterocycles. The van der Waals surface area contributed by atoms with Gasteiger partial charge in [-0.15, -0.1) is 11.3 Å². The number of nitrogens with one attached hydrogen (secondary N) is 1. The molecule has 0 fully saturated rings. The quantitative estimate of drug-likeness (QED) is 0.738. The number of carbonyl (C=O) groups is 2. The molecule has 25 heavy (non-hydrogen) atoms. The first-order chi connectivity index (χ1) is 12.0. The average Bonchev–Trinajstić information content (AvgIpc) is 3.13. The molecule has 7 heteroatoms. The van der Waals surface area contributed by atoms with Gasteiger partial charge >= 0.3 is 0 Å². The third-order valence-electron chi connectivity index (χ3n) is 3.90. The lowest BCUT2D eigenvalue weighted by molar-refractivity contribution is -0.129. The molecule has 1 N–H and O–H groups in total. The fraction of sp³-hybridized carbons (Fsp3) is 0.278. The highest BCUT2D eigenvalue weighted by molar-refractivity contribution is 7.15. The van der Waals surface area contributed by atoms with Gasteiger partial charge in [0, 0.05) is 43.5 Å². The molecule has 0 spiro atoms. The Kier molecular flexibility index (Phi) is 5.14. The molecular weight excluding hydrogens is 336 g/mol. The monoisotopic (exact) mass is 356 g/mol. The Labute approximate surface area is 150 Å². The summed E-state index contributed by atoms with van der Waals surface area (Å²) in [5, 5.41) is 4.86. The van der Waals surface area contributed by atoms with E-state index in [4.69, 9.17) is 0 Å². The molecule has 3 rings (SSSR count). The van der Waals surface area contributed by atoms with Crippen molar-refractivity contribution in [3.8, 4) is 0 Å². The summed E-state index contributed by atoms with van der Waals surface area (Å²) in [5.41, 5.74) is 2.45. The van der Waals surface area contributed by atoms with Gasteiger partial charge in [-0.25, -0.2) is 4.98 Å². The van der Waals surface area contributed by atoms with Crippen LogP contribution in [-0.2, 0) is 22.6 Å². The number of carbonyl (C=O) groups excluding carboxylic acids is 2. The standard InChI is InChI=1S/C18H20N4O2S/c1-3-21(13(2)23)11-14-5-4-6-15(9-14)19-17(24)10-16-12-22-7-8-25-18(22)20-16/h4-9,12H,3,10-11H2,1-2H3,(H,19,24). The first kappa shape index (κ1) is 17.2. The summed E-state index contributed by atoms with van der Waals surface area (Å²) in [6, 6.07) is 7.57. The highest BCUT2D eigenvalue weighted by Crippen LogP contribution is 2.15. The molecule has 0 radical (unpaired) electrons. The molecule has 0 atom stereocenters. The number of hydrogen-bond acceptors (Lipinski definition) is 4. The lowest BCUT2D eigenvalue weighted by Gasteiger charge is -2.19. The topological polar surface area (TPSA) is 66.7 Å². The highest BCUT2D eigenvalue weighted by atomic mass is 32.1. The molecule has 0 aliphatic heterocycles. The second-order valence-corrected chi connectivity index (χ2v) is 6.66. The number of nitrogens with zero attached hydrogens (tertiary/aromatic N) is 3. The fourth-order valence-electron chi connectivity index (χ4n) is 2.64. The Bertz CT molecular complexity index is 871. The van der Waals surface area contributed by atoms with E-state index >= 15 is 0 Å². The maximum atomic E-state index is 12.3. The minimum Gasteiger partial charge on any atom is -0.339 e. The van der Waals surface area contributed by atoms with Crippen LogP contribution in [0.3, 0.4) is 0 Å². The first-order valence-corrected chi connectivity index (χ1v) is 8.98. The number of anilines is 1. The van der Waals surface area contributed by atoms with Crippen molar-refractivity contribution in [2.24, 2.45) is 0 Å². The van der Waals surface area contributed by atoms with Gasteiger partial charge in [-0.2, -0.15) is 0 Å². The summed E-state index contributed by atoms with van der Waals surface area (Å²) in [6.45, 7) is 4.70. The average molecular weight is 356 g/mol. The number of hydrogen-bond donors (Lipinski definition) is 1. The van der Waals surface area contributed by atoms with Crippen LogP contribution < -0.4 is 5.32 Å². The summed E-state index contributed by atoms with van der Waals surface area (Å²) in [4.78, 5) is 30.9. The van der Waals surface area contributed by atoms with E-state index in [-0.39, 0.29) is 18.2 Å². The number of thiazole rings is 1. The zero-order valence-electron chi connectivity index (χ0n) is 14.2. The third-order valence-corrected chi connectivity index (χ3v) is 4.67. The van der Waals surface area contributed by atoms with E-state index in [1.54, 1.807) is 11.8 Å². The second kappa shape index (κ2) is 7.48. The first-order valence-electron chi connectivity index (χ1n) is 8.10. The molecule has 0 saturated carbocycles. The Morgan fingerprint density at radius 1 is 1.36 bits per heavy atom.